The monoisotopic (exact) mass is 402 g/mol. The number of alkyl halides is 3. The Morgan fingerprint density at radius 3 is 1.96 bits per heavy atom. The third-order valence-corrected chi connectivity index (χ3v) is 6.20. The van der Waals surface area contributed by atoms with Gasteiger partial charge < -0.3 is 9.15 Å². The summed E-state index contributed by atoms with van der Waals surface area (Å²) < 4.78 is 53.7. The van der Waals surface area contributed by atoms with E-state index in [9.17, 15) is 13.2 Å². The van der Waals surface area contributed by atoms with E-state index in [1.165, 1.54) is 12.3 Å². The van der Waals surface area contributed by atoms with E-state index in [1.54, 1.807) is 60.7 Å². The third-order valence-electron chi connectivity index (χ3n) is 4.66. The second-order valence-electron chi connectivity index (χ2n) is 6.48. The van der Waals surface area contributed by atoms with Gasteiger partial charge in [-0.2, -0.15) is 13.2 Å². The maximum Gasteiger partial charge on any atom is 0.422 e. The van der Waals surface area contributed by atoms with E-state index in [4.69, 9.17) is 9.15 Å². The van der Waals surface area contributed by atoms with Gasteiger partial charge in [-0.3, -0.25) is 0 Å². The van der Waals surface area contributed by atoms with Crippen molar-refractivity contribution in [2.45, 2.75) is 16.7 Å². The molecule has 2 aromatic carbocycles. The Kier molecular flexibility index (Phi) is 4.85. The smallest absolute Gasteiger partial charge is 0.422 e. The highest BCUT2D eigenvalue weighted by molar-refractivity contribution is 8.00. The van der Waals surface area contributed by atoms with Crippen molar-refractivity contribution in [1.29, 1.82) is 0 Å². The molecule has 1 fully saturated rings. The first-order valence-corrected chi connectivity index (χ1v) is 9.68. The Hall–Kier alpha value is -2.44. The summed E-state index contributed by atoms with van der Waals surface area (Å²) in [6.45, 7) is 0. The summed E-state index contributed by atoms with van der Waals surface area (Å²) in [6.07, 6.45) is -0.788. The van der Waals surface area contributed by atoms with Crippen molar-refractivity contribution < 1.29 is 22.3 Å². The summed E-state index contributed by atoms with van der Waals surface area (Å²) in [5.74, 6) is 0.0754. The molecule has 6 heteroatoms. The van der Waals surface area contributed by atoms with Crippen molar-refractivity contribution in [3.63, 3.8) is 0 Å². The molecule has 2 nitrogen and oxygen atoms in total. The van der Waals surface area contributed by atoms with Crippen LogP contribution in [0.2, 0.25) is 0 Å². The minimum absolute atomic E-state index is 0.266. The zero-order valence-corrected chi connectivity index (χ0v) is 15.5. The van der Waals surface area contributed by atoms with Crippen LogP contribution in [0.15, 0.2) is 89.6 Å². The molecule has 0 N–H and O–H groups in total. The zero-order valence-electron chi connectivity index (χ0n) is 14.7. The number of thioether (sulfide) groups is 1. The standard InChI is InChI=1S/C22H17F3O2S/c23-22(24,25)20(14-13-19-12-7-15-26-19)16-28-21(27-20,17-8-3-1-4-9-17)18-10-5-2-6-11-18/h1-15H,16H2/b14-13+. The third kappa shape index (κ3) is 3.27. The molecule has 28 heavy (non-hydrogen) atoms. The molecule has 0 radical (unpaired) electrons. The molecule has 0 spiro atoms. The molecule has 1 aromatic heterocycles. The largest absolute Gasteiger partial charge is 0.465 e. The Morgan fingerprint density at radius 1 is 0.857 bits per heavy atom. The molecular weight excluding hydrogens is 385 g/mol. The van der Waals surface area contributed by atoms with Gasteiger partial charge in [0.15, 0.2) is 10.5 Å². The van der Waals surface area contributed by atoms with Gasteiger partial charge in [0.05, 0.1) is 6.26 Å². The van der Waals surface area contributed by atoms with E-state index in [-0.39, 0.29) is 5.75 Å². The lowest BCUT2D eigenvalue weighted by atomic mass is 9.98. The fourth-order valence-electron chi connectivity index (χ4n) is 3.21. The fourth-order valence-corrected chi connectivity index (χ4v) is 4.76. The quantitative estimate of drug-likeness (QED) is 0.514. The Morgan fingerprint density at radius 2 is 1.46 bits per heavy atom. The lowest BCUT2D eigenvalue weighted by Crippen LogP contribution is -2.47. The van der Waals surface area contributed by atoms with E-state index in [2.05, 4.69) is 0 Å². The van der Waals surface area contributed by atoms with E-state index in [0.29, 0.717) is 16.9 Å². The van der Waals surface area contributed by atoms with Gasteiger partial charge in [-0.25, -0.2) is 0 Å². The maximum atomic E-state index is 14.2. The van der Waals surface area contributed by atoms with Crippen molar-refractivity contribution >= 4 is 17.8 Å². The number of halogens is 3. The molecule has 4 rings (SSSR count). The molecular formula is C22H17F3O2S. The molecule has 1 aliphatic rings. The predicted molar refractivity (Wildman–Crippen MR) is 104 cm³/mol. The van der Waals surface area contributed by atoms with Crippen molar-refractivity contribution in [2.24, 2.45) is 0 Å². The minimum atomic E-state index is -4.59. The van der Waals surface area contributed by atoms with E-state index < -0.39 is 16.7 Å². The SMILES string of the molecule is FC(F)(F)C1(/C=C/c2ccco2)CSC(c2ccccc2)(c2ccccc2)O1. The number of hydrogen-bond donors (Lipinski definition) is 0. The molecule has 0 amide bonds. The van der Waals surface area contributed by atoms with Gasteiger partial charge >= 0.3 is 6.18 Å². The van der Waals surface area contributed by atoms with Gasteiger partial charge in [-0.05, 0) is 35.4 Å². The Bertz CT molecular complexity index is 897. The minimum Gasteiger partial charge on any atom is -0.465 e. The van der Waals surface area contributed by atoms with E-state index in [1.807, 2.05) is 12.1 Å². The highest BCUT2D eigenvalue weighted by Crippen LogP contribution is 2.57. The van der Waals surface area contributed by atoms with E-state index in [0.717, 1.165) is 17.8 Å². The van der Waals surface area contributed by atoms with Gasteiger partial charge in [0, 0.05) is 5.75 Å². The average Bonchev–Trinajstić information content (AvgIpc) is 3.37. The van der Waals surface area contributed by atoms with E-state index >= 15 is 0 Å². The summed E-state index contributed by atoms with van der Waals surface area (Å²) in [5, 5.41) is 0. The van der Waals surface area contributed by atoms with Gasteiger partial charge in [0.1, 0.15) is 5.76 Å². The van der Waals surface area contributed by atoms with Crippen LogP contribution in [-0.2, 0) is 9.67 Å². The number of hydrogen-bond acceptors (Lipinski definition) is 3. The summed E-state index contributed by atoms with van der Waals surface area (Å²) >= 11 is 1.14. The summed E-state index contributed by atoms with van der Waals surface area (Å²) in [4.78, 5) is -1.26. The highest BCUT2D eigenvalue weighted by atomic mass is 32.2. The molecule has 1 atom stereocenters. The van der Waals surface area contributed by atoms with Crippen LogP contribution in [0, 0.1) is 0 Å². The molecule has 144 valence electrons. The summed E-state index contributed by atoms with van der Waals surface area (Å²) in [6, 6.07) is 21.3. The summed E-state index contributed by atoms with van der Waals surface area (Å²) in [7, 11) is 0. The van der Waals surface area contributed by atoms with Crippen LogP contribution in [0.4, 0.5) is 13.2 Å². The Labute approximate surface area is 165 Å². The van der Waals surface area contributed by atoms with Gasteiger partial charge in [-0.1, -0.05) is 60.7 Å². The Balaban J connectivity index is 1.82. The van der Waals surface area contributed by atoms with Gasteiger partial charge in [0.2, 0.25) is 0 Å². The molecule has 2 heterocycles. The number of benzene rings is 2. The van der Waals surface area contributed by atoms with Crippen LogP contribution in [0.1, 0.15) is 16.9 Å². The molecule has 1 unspecified atom stereocenters. The molecule has 1 saturated heterocycles. The summed E-state index contributed by atoms with van der Waals surface area (Å²) in [5.41, 5.74) is -1.09. The molecule has 0 aliphatic carbocycles. The van der Waals surface area contributed by atoms with Crippen LogP contribution in [0.3, 0.4) is 0 Å². The first-order valence-electron chi connectivity index (χ1n) is 8.70. The van der Waals surface area contributed by atoms with Crippen LogP contribution in [0.25, 0.3) is 6.08 Å². The average molecular weight is 402 g/mol. The van der Waals surface area contributed by atoms with Crippen molar-refractivity contribution in [2.75, 3.05) is 5.75 Å². The van der Waals surface area contributed by atoms with Crippen molar-refractivity contribution in [1.82, 2.24) is 0 Å². The van der Waals surface area contributed by atoms with Gasteiger partial charge in [-0.15, -0.1) is 11.8 Å². The van der Waals surface area contributed by atoms with Crippen molar-refractivity contribution in [3.05, 3.63) is 102 Å². The topological polar surface area (TPSA) is 22.4 Å². The van der Waals surface area contributed by atoms with Crippen LogP contribution in [-0.4, -0.2) is 17.5 Å². The van der Waals surface area contributed by atoms with Crippen LogP contribution in [0.5, 0.6) is 0 Å². The normalized spacial score (nSPS) is 22.0. The maximum absolute atomic E-state index is 14.2. The number of rotatable bonds is 4. The molecule has 3 aromatic rings. The molecule has 0 saturated carbocycles. The first-order chi connectivity index (χ1) is 13.5. The zero-order chi connectivity index (χ0) is 19.7. The lowest BCUT2D eigenvalue weighted by Gasteiger charge is -2.34. The van der Waals surface area contributed by atoms with Gasteiger partial charge in [0.25, 0.3) is 0 Å². The van der Waals surface area contributed by atoms with Crippen LogP contribution >= 0.6 is 11.8 Å². The second-order valence-corrected chi connectivity index (χ2v) is 7.63. The van der Waals surface area contributed by atoms with Crippen molar-refractivity contribution in [3.8, 4) is 0 Å². The predicted octanol–water partition coefficient (Wildman–Crippen LogP) is 6.26. The lowest BCUT2D eigenvalue weighted by molar-refractivity contribution is -0.256. The molecule has 1 aliphatic heterocycles. The molecule has 0 bridgehead atoms. The van der Waals surface area contributed by atoms with Crippen LogP contribution < -0.4 is 0 Å². The highest BCUT2D eigenvalue weighted by Gasteiger charge is 2.63. The number of ether oxygens (including phenoxy) is 1. The number of furan rings is 1. The fraction of sp³-hybridized carbons (Fsp3) is 0.182. The second kappa shape index (κ2) is 7.18. The first kappa shape index (κ1) is 18.9.